The molecular weight excluding hydrogens is 296 g/mol. The highest BCUT2D eigenvalue weighted by Crippen LogP contribution is 2.25. The van der Waals surface area contributed by atoms with Crippen LogP contribution in [0.2, 0.25) is 0 Å². The fourth-order valence-electron chi connectivity index (χ4n) is 2.27. The lowest BCUT2D eigenvalue weighted by atomic mass is 9.97. The van der Waals surface area contributed by atoms with E-state index in [1.807, 2.05) is 19.2 Å². The van der Waals surface area contributed by atoms with Gasteiger partial charge in [-0.15, -0.1) is 12.4 Å². The second-order valence-corrected chi connectivity index (χ2v) is 5.42. The van der Waals surface area contributed by atoms with Crippen LogP contribution < -0.4 is 15.4 Å². The Morgan fingerprint density at radius 2 is 2.10 bits per heavy atom. The molecule has 20 heavy (non-hydrogen) atoms. The molecule has 2 rings (SSSR count). The molecule has 0 saturated carbocycles. The highest BCUT2D eigenvalue weighted by Gasteiger charge is 2.20. The van der Waals surface area contributed by atoms with Gasteiger partial charge >= 0.3 is 0 Å². The van der Waals surface area contributed by atoms with Crippen molar-refractivity contribution in [2.75, 3.05) is 37.4 Å². The minimum Gasteiger partial charge on any atom is -0.478 e. The third-order valence-corrected chi connectivity index (χ3v) is 3.96. The standard InChI is InChI=1S/C13H22N4OS.ClH/c1-3-18-12-8-11(15-13(16-12)19-2)17-6-4-10(9-14)5-7-17;/h8,10H,3-7,9,14H2,1-2H3;1H. The van der Waals surface area contributed by atoms with Gasteiger partial charge in [0, 0.05) is 19.2 Å². The average Bonchev–Trinajstić information content (AvgIpc) is 2.47. The molecule has 0 atom stereocenters. The molecule has 5 nitrogen and oxygen atoms in total. The van der Waals surface area contributed by atoms with Gasteiger partial charge in [-0.2, -0.15) is 4.98 Å². The summed E-state index contributed by atoms with van der Waals surface area (Å²) in [6, 6.07) is 1.94. The Morgan fingerprint density at radius 3 is 2.65 bits per heavy atom. The second-order valence-electron chi connectivity index (χ2n) is 4.65. The molecule has 2 heterocycles. The fourth-order valence-corrected chi connectivity index (χ4v) is 2.63. The quantitative estimate of drug-likeness (QED) is 0.663. The Balaban J connectivity index is 0.00000200. The monoisotopic (exact) mass is 318 g/mol. The Morgan fingerprint density at radius 1 is 1.40 bits per heavy atom. The van der Waals surface area contributed by atoms with Gasteiger partial charge in [-0.05, 0) is 38.5 Å². The van der Waals surface area contributed by atoms with Gasteiger partial charge in [-0.3, -0.25) is 0 Å². The van der Waals surface area contributed by atoms with Crippen molar-refractivity contribution < 1.29 is 4.74 Å². The highest BCUT2D eigenvalue weighted by molar-refractivity contribution is 7.98. The molecule has 2 N–H and O–H groups in total. The van der Waals surface area contributed by atoms with E-state index in [9.17, 15) is 0 Å². The zero-order valence-corrected chi connectivity index (χ0v) is 13.7. The van der Waals surface area contributed by atoms with E-state index in [4.69, 9.17) is 10.5 Å². The summed E-state index contributed by atoms with van der Waals surface area (Å²) in [5, 5.41) is 0.766. The highest BCUT2D eigenvalue weighted by atomic mass is 35.5. The summed E-state index contributed by atoms with van der Waals surface area (Å²) in [5.41, 5.74) is 5.73. The molecule has 0 bridgehead atoms. The number of thioether (sulfide) groups is 1. The molecule has 114 valence electrons. The molecule has 0 unspecified atom stereocenters. The van der Waals surface area contributed by atoms with Gasteiger partial charge in [0.05, 0.1) is 6.61 Å². The second kappa shape index (κ2) is 8.54. The average molecular weight is 319 g/mol. The van der Waals surface area contributed by atoms with E-state index >= 15 is 0 Å². The number of ether oxygens (including phenoxy) is 1. The van der Waals surface area contributed by atoms with Crippen LogP contribution in [0, 0.1) is 5.92 Å². The van der Waals surface area contributed by atoms with Crippen LogP contribution in [0.1, 0.15) is 19.8 Å². The first-order chi connectivity index (χ1) is 9.26. The zero-order chi connectivity index (χ0) is 13.7. The van der Waals surface area contributed by atoms with Crippen molar-refractivity contribution in [1.82, 2.24) is 9.97 Å². The molecule has 1 aliphatic heterocycles. The fraction of sp³-hybridized carbons (Fsp3) is 0.692. The van der Waals surface area contributed by atoms with Crippen molar-refractivity contribution in [3.63, 3.8) is 0 Å². The van der Waals surface area contributed by atoms with Crippen LogP contribution in [-0.4, -0.2) is 42.5 Å². The van der Waals surface area contributed by atoms with E-state index in [1.54, 1.807) is 11.8 Å². The number of nitrogens with zero attached hydrogens (tertiary/aromatic N) is 3. The molecule has 1 aromatic rings. The first kappa shape index (κ1) is 17.3. The van der Waals surface area contributed by atoms with E-state index < -0.39 is 0 Å². The van der Waals surface area contributed by atoms with Gasteiger partial charge < -0.3 is 15.4 Å². The minimum atomic E-state index is 0. The smallest absolute Gasteiger partial charge is 0.219 e. The van der Waals surface area contributed by atoms with E-state index in [1.165, 1.54) is 0 Å². The zero-order valence-electron chi connectivity index (χ0n) is 12.0. The number of hydrogen-bond acceptors (Lipinski definition) is 6. The first-order valence-corrected chi connectivity index (χ1v) is 8.00. The molecule has 1 aromatic heterocycles. The number of rotatable bonds is 5. The first-order valence-electron chi connectivity index (χ1n) is 6.77. The maximum atomic E-state index is 5.73. The van der Waals surface area contributed by atoms with Crippen molar-refractivity contribution in [1.29, 1.82) is 0 Å². The van der Waals surface area contributed by atoms with E-state index in [0.717, 1.165) is 43.5 Å². The molecule has 7 heteroatoms. The Labute approximate surface area is 131 Å². The predicted molar refractivity (Wildman–Crippen MR) is 86.2 cm³/mol. The molecule has 0 spiro atoms. The third kappa shape index (κ3) is 4.40. The third-order valence-electron chi connectivity index (χ3n) is 3.42. The van der Waals surface area contributed by atoms with Gasteiger partial charge in [0.15, 0.2) is 5.16 Å². The van der Waals surface area contributed by atoms with Gasteiger partial charge in [0.1, 0.15) is 5.82 Å². The molecule has 0 aromatic carbocycles. The maximum Gasteiger partial charge on any atom is 0.219 e. The van der Waals surface area contributed by atoms with E-state index in [0.29, 0.717) is 18.4 Å². The minimum absolute atomic E-state index is 0. The number of aromatic nitrogens is 2. The summed E-state index contributed by atoms with van der Waals surface area (Å²) in [6.45, 7) is 5.40. The molecule has 0 amide bonds. The Bertz CT molecular complexity index is 413. The van der Waals surface area contributed by atoms with Gasteiger partial charge in [-0.25, -0.2) is 4.98 Å². The maximum absolute atomic E-state index is 5.73. The summed E-state index contributed by atoms with van der Waals surface area (Å²) in [7, 11) is 0. The van der Waals surface area contributed by atoms with Crippen LogP contribution in [-0.2, 0) is 0 Å². The van der Waals surface area contributed by atoms with Gasteiger partial charge in [-0.1, -0.05) is 11.8 Å². The van der Waals surface area contributed by atoms with Crippen LogP contribution in [0.15, 0.2) is 11.2 Å². The van der Waals surface area contributed by atoms with E-state index in [-0.39, 0.29) is 12.4 Å². The largest absolute Gasteiger partial charge is 0.478 e. The lowest BCUT2D eigenvalue weighted by Crippen LogP contribution is -2.36. The van der Waals surface area contributed by atoms with E-state index in [2.05, 4.69) is 14.9 Å². The van der Waals surface area contributed by atoms with Crippen LogP contribution >= 0.6 is 24.2 Å². The molecular formula is C13H23ClN4OS. The Hall–Kier alpha value is -0.720. The number of piperidine rings is 1. The predicted octanol–water partition coefficient (Wildman–Crippen LogP) is 2.19. The van der Waals surface area contributed by atoms with Crippen molar-refractivity contribution >= 4 is 30.0 Å². The van der Waals surface area contributed by atoms with Gasteiger partial charge in [0.25, 0.3) is 0 Å². The number of hydrogen-bond donors (Lipinski definition) is 1. The Kier molecular flexibility index (Phi) is 7.40. The molecule has 0 radical (unpaired) electrons. The van der Waals surface area contributed by atoms with Crippen LogP contribution in [0.5, 0.6) is 5.88 Å². The number of halogens is 1. The molecule has 1 fully saturated rings. The van der Waals surface area contributed by atoms with Crippen LogP contribution in [0.25, 0.3) is 0 Å². The van der Waals surface area contributed by atoms with Crippen molar-refractivity contribution in [2.45, 2.75) is 24.9 Å². The lowest BCUT2D eigenvalue weighted by Gasteiger charge is -2.32. The van der Waals surface area contributed by atoms with Crippen molar-refractivity contribution in [2.24, 2.45) is 11.7 Å². The van der Waals surface area contributed by atoms with Crippen molar-refractivity contribution in [3.8, 4) is 5.88 Å². The summed E-state index contributed by atoms with van der Waals surface area (Å²) in [5.74, 6) is 2.29. The summed E-state index contributed by atoms with van der Waals surface area (Å²) >= 11 is 1.54. The molecule has 0 aliphatic carbocycles. The summed E-state index contributed by atoms with van der Waals surface area (Å²) < 4.78 is 5.51. The summed E-state index contributed by atoms with van der Waals surface area (Å²) in [6.07, 6.45) is 4.26. The topological polar surface area (TPSA) is 64.3 Å². The van der Waals surface area contributed by atoms with Crippen LogP contribution in [0.3, 0.4) is 0 Å². The number of anilines is 1. The molecule has 1 aliphatic rings. The summed E-state index contributed by atoms with van der Waals surface area (Å²) in [4.78, 5) is 11.2. The number of nitrogens with two attached hydrogens (primary N) is 1. The SMILES string of the molecule is CCOc1cc(N2CCC(CN)CC2)nc(SC)n1.Cl. The van der Waals surface area contributed by atoms with Crippen molar-refractivity contribution in [3.05, 3.63) is 6.07 Å². The van der Waals surface area contributed by atoms with Crippen LogP contribution in [0.4, 0.5) is 5.82 Å². The molecule has 1 saturated heterocycles. The van der Waals surface area contributed by atoms with Gasteiger partial charge in [0.2, 0.25) is 5.88 Å². The normalized spacial score (nSPS) is 15.8. The lowest BCUT2D eigenvalue weighted by molar-refractivity contribution is 0.322.